The maximum absolute atomic E-state index is 14.0. The van der Waals surface area contributed by atoms with Gasteiger partial charge in [-0.05, 0) is 12.1 Å². The van der Waals surface area contributed by atoms with E-state index in [1.807, 2.05) is 0 Å². The number of rotatable bonds is 4. The zero-order valence-electron chi connectivity index (χ0n) is 9.30. The summed E-state index contributed by atoms with van der Waals surface area (Å²) in [6, 6.07) is 2.29. The lowest BCUT2D eigenvalue weighted by molar-refractivity contribution is 0.561. The first-order chi connectivity index (χ1) is 8.94. The number of nitrogens with zero attached hydrogens (tertiary/aromatic N) is 2. The number of benzene rings is 1. The third kappa shape index (κ3) is 3.00. The first-order valence-electron chi connectivity index (χ1n) is 4.91. The van der Waals surface area contributed by atoms with Crippen molar-refractivity contribution in [2.45, 2.75) is 11.4 Å². The molecule has 3 N–H and O–H groups in total. The Kier molecular flexibility index (Phi) is 3.99. The van der Waals surface area contributed by atoms with Gasteiger partial charge in [0, 0.05) is 17.1 Å². The summed E-state index contributed by atoms with van der Waals surface area (Å²) in [6.45, 7) is -0.159. The molecule has 0 saturated heterocycles. The molecule has 1 aromatic heterocycles. The maximum Gasteiger partial charge on any atom is 0.266 e. The van der Waals surface area contributed by atoms with E-state index < -0.39 is 20.7 Å². The molecule has 0 aliphatic rings. The van der Waals surface area contributed by atoms with Crippen LogP contribution < -0.4 is 10.5 Å². The smallest absolute Gasteiger partial charge is 0.266 e. The number of hydrogen-bond acceptors (Lipinski definition) is 6. The number of anilines is 1. The minimum atomic E-state index is -4.13. The van der Waals surface area contributed by atoms with Crippen molar-refractivity contribution in [2.24, 2.45) is 5.73 Å². The van der Waals surface area contributed by atoms with E-state index in [0.717, 1.165) is 17.4 Å². The van der Waals surface area contributed by atoms with Crippen molar-refractivity contribution in [1.82, 2.24) is 10.2 Å². The van der Waals surface area contributed by atoms with E-state index in [1.54, 1.807) is 0 Å². The summed E-state index contributed by atoms with van der Waals surface area (Å²) in [6.07, 6.45) is 0. The Bertz CT molecular complexity index is 690. The molecule has 0 aliphatic heterocycles. The molecule has 0 atom stereocenters. The zero-order chi connectivity index (χ0) is 14.0. The summed E-state index contributed by atoms with van der Waals surface area (Å²) >= 11 is 6.72. The minimum absolute atomic E-state index is 0.0186. The molecule has 0 amide bonds. The molecule has 0 spiro atoms. The molecule has 0 unspecified atom stereocenters. The molecule has 6 nitrogen and oxygen atoms in total. The molecule has 0 saturated carbocycles. The predicted octanol–water partition coefficient (Wildman–Crippen LogP) is 1.59. The molecular formula is C9H8ClFN4O2S2. The van der Waals surface area contributed by atoms with Crippen LogP contribution >= 0.6 is 22.9 Å². The highest BCUT2D eigenvalue weighted by atomic mass is 35.5. The third-order valence-electron chi connectivity index (χ3n) is 2.17. The number of nitrogens with two attached hydrogens (primary N) is 1. The highest BCUT2D eigenvalue weighted by Gasteiger charge is 2.23. The fourth-order valence-corrected chi connectivity index (χ4v) is 3.50. The van der Waals surface area contributed by atoms with Crippen LogP contribution in [-0.4, -0.2) is 18.6 Å². The summed E-state index contributed by atoms with van der Waals surface area (Å²) in [5, 5.41) is 7.11. The van der Waals surface area contributed by atoms with Gasteiger partial charge in [-0.25, -0.2) is 12.8 Å². The van der Waals surface area contributed by atoms with E-state index in [4.69, 9.17) is 17.3 Å². The van der Waals surface area contributed by atoms with Crippen molar-refractivity contribution in [3.05, 3.63) is 34.0 Å². The minimum Gasteiger partial charge on any atom is -0.326 e. The van der Waals surface area contributed by atoms with Gasteiger partial charge in [-0.15, -0.1) is 10.2 Å². The Balaban J connectivity index is 2.48. The van der Waals surface area contributed by atoms with Gasteiger partial charge in [0.05, 0.1) is 0 Å². The van der Waals surface area contributed by atoms with Gasteiger partial charge < -0.3 is 5.73 Å². The first kappa shape index (κ1) is 14.1. The second kappa shape index (κ2) is 5.37. The summed E-state index contributed by atoms with van der Waals surface area (Å²) in [5.74, 6) is -0.927. The predicted molar refractivity (Wildman–Crippen MR) is 70.0 cm³/mol. The molecule has 102 valence electrons. The van der Waals surface area contributed by atoms with E-state index in [-0.39, 0.29) is 22.3 Å². The molecule has 0 radical (unpaired) electrons. The lowest BCUT2D eigenvalue weighted by Gasteiger charge is -2.09. The van der Waals surface area contributed by atoms with Gasteiger partial charge in [-0.3, -0.25) is 4.72 Å². The maximum atomic E-state index is 14.0. The third-order valence-corrected chi connectivity index (χ3v) is 4.46. The lowest BCUT2D eigenvalue weighted by Crippen LogP contribution is -2.16. The fraction of sp³-hybridized carbons (Fsp3) is 0.111. The van der Waals surface area contributed by atoms with Crippen LogP contribution in [-0.2, 0) is 16.6 Å². The summed E-state index contributed by atoms with van der Waals surface area (Å²) in [7, 11) is -4.13. The molecule has 1 heterocycles. The number of nitrogens with one attached hydrogen (secondary N) is 1. The van der Waals surface area contributed by atoms with Gasteiger partial charge in [-0.1, -0.05) is 22.9 Å². The Morgan fingerprint density at radius 3 is 2.79 bits per heavy atom. The first-order valence-corrected chi connectivity index (χ1v) is 7.65. The highest BCUT2D eigenvalue weighted by Crippen LogP contribution is 2.25. The molecule has 0 bridgehead atoms. The Morgan fingerprint density at radius 1 is 1.47 bits per heavy atom. The normalized spacial score (nSPS) is 11.5. The number of hydrogen-bond donors (Lipinski definition) is 2. The van der Waals surface area contributed by atoms with Gasteiger partial charge in [0.15, 0.2) is 0 Å². The second-order valence-corrected chi connectivity index (χ2v) is 6.35. The van der Waals surface area contributed by atoms with Crippen molar-refractivity contribution < 1.29 is 12.8 Å². The number of aromatic nitrogens is 2. The monoisotopic (exact) mass is 322 g/mol. The average molecular weight is 323 g/mol. The van der Waals surface area contributed by atoms with Crippen LogP contribution in [0.5, 0.6) is 0 Å². The molecule has 2 rings (SSSR count). The molecule has 2 aromatic rings. The second-order valence-electron chi connectivity index (χ2n) is 3.43. The quantitative estimate of drug-likeness (QED) is 0.890. The van der Waals surface area contributed by atoms with Gasteiger partial charge in [0.25, 0.3) is 10.0 Å². The van der Waals surface area contributed by atoms with Crippen LogP contribution in [0.3, 0.4) is 0 Å². The molecular weight excluding hydrogens is 315 g/mol. The van der Waals surface area contributed by atoms with Crippen molar-refractivity contribution in [3.8, 4) is 0 Å². The van der Waals surface area contributed by atoms with Crippen molar-refractivity contribution in [1.29, 1.82) is 0 Å². The SMILES string of the molecule is NCc1cc(Cl)cc(S(=O)(=O)Nc2nncs2)c1F. The number of sulfonamides is 1. The van der Waals surface area contributed by atoms with Gasteiger partial charge in [-0.2, -0.15) is 0 Å². The number of halogens is 2. The topological polar surface area (TPSA) is 98.0 Å². The molecule has 19 heavy (non-hydrogen) atoms. The van der Waals surface area contributed by atoms with Crippen LogP contribution in [0.2, 0.25) is 5.02 Å². The van der Waals surface area contributed by atoms with Crippen LogP contribution in [0, 0.1) is 5.82 Å². The van der Waals surface area contributed by atoms with Gasteiger partial charge >= 0.3 is 0 Å². The van der Waals surface area contributed by atoms with E-state index in [9.17, 15) is 12.8 Å². The van der Waals surface area contributed by atoms with Crippen LogP contribution in [0.4, 0.5) is 9.52 Å². The van der Waals surface area contributed by atoms with E-state index in [0.29, 0.717) is 0 Å². The lowest BCUT2D eigenvalue weighted by atomic mass is 10.2. The van der Waals surface area contributed by atoms with Crippen molar-refractivity contribution in [3.63, 3.8) is 0 Å². The largest absolute Gasteiger partial charge is 0.326 e. The molecule has 0 aliphatic carbocycles. The summed E-state index contributed by atoms with van der Waals surface area (Å²) in [5.41, 5.74) is 6.70. The standard InChI is InChI=1S/C9H8ClFN4O2S2/c10-6-1-5(3-12)8(11)7(2-6)19(16,17)15-9-14-13-4-18-9/h1-2,4H,3,12H2,(H,14,15). The Morgan fingerprint density at radius 2 is 2.21 bits per heavy atom. The van der Waals surface area contributed by atoms with Crippen LogP contribution in [0.15, 0.2) is 22.5 Å². The fourth-order valence-electron chi connectivity index (χ4n) is 1.35. The molecule has 1 aromatic carbocycles. The molecule has 10 heteroatoms. The molecule has 0 fully saturated rings. The zero-order valence-corrected chi connectivity index (χ0v) is 11.7. The van der Waals surface area contributed by atoms with Gasteiger partial charge in [0.2, 0.25) is 5.13 Å². The van der Waals surface area contributed by atoms with E-state index in [2.05, 4.69) is 14.9 Å². The van der Waals surface area contributed by atoms with Crippen molar-refractivity contribution >= 4 is 38.1 Å². The Hall–Kier alpha value is -1.29. The Labute approximate surface area is 117 Å². The summed E-state index contributed by atoms with van der Waals surface area (Å²) in [4.78, 5) is -0.573. The van der Waals surface area contributed by atoms with E-state index >= 15 is 0 Å². The van der Waals surface area contributed by atoms with Crippen LogP contribution in [0.25, 0.3) is 0 Å². The van der Waals surface area contributed by atoms with Gasteiger partial charge in [0.1, 0.15) is 16.2 Å². The van der Waals surface area contributed by atoms with E-state index in [1.165, 1.54) is 11.6 Å². The summed E-state index contributed by atoms with van der Waals surface area (Å²) < 4.78 is 40.2. The highest BCUT2D eigenvalue weighted by molar-refractivity contribution is 7.93. The average Bonchev–Trinajstić information content (AvgIpc) is 2.83. The van der Waals surface area contributed by atoms with Crippen molar-refractivity contribution in [2.75, 3.05) is 4.72 Å². The van der Waals surface area contributed by atoms with Crippen LogP contribution in [0.1, 0.15) is 5.56 Å².